The Labute approximate surface area is 149 Å². The molecule has 0 bridgehead atoms. The van der Waals surface area contributed by atoms with E-state index in [0.29, 0.717) is 11.5 Å². The van der Waals surface area contributed by atoms with Gasteiger partial charge in [-0.2, -0.15) is 4.98 Å². The molecular formula is C19H16N4OS. The van der Waals surface area contributed by atoms with Crippen molar-refractivity contribution in [1.29, 1.82) is 0 Å². The zero-order valence-electron chi connectivity index (χ0n) is 13.9. The molecule has 4 aromatic rings. The number of thiazole rings is 1. The molecule has 0 unspecified atom stereocenters. The Balaban J connectivity index is 1.62. The third-order valence-electron chi connectivity index (χ3n) is 3.97. The first kappa shape index (κ1) is 15.5. The van der Waals surface area contributed by atoms with E-state index in [2.05, 4.69) is 46.6 Å². The Morgan fingerprint density at radius 2 is 1.64 bits per heavy atom. The van der Waals surface area contributed by atoms with Crippen molar-refractivity contribution >= 4 is 28.2 Å². The molecule has 124 valence electrons. The van der Waals surface area contributed by atoms with E-state index in [-0.39, 0.29) is 5.91 Å². The fourth-order valence-electron chi connectivity index (χ4n) is 2.54. The van der Waals surface area contributed by atoms with E-state index < -0.39 is 0 Å². The van der Waals surface area contributed by atoms with E-state index in [0.717, 1.165) is 21.8 Å². The Hall–Kier alpha value is -2.99. The number of nitrogens with zero attached hydrogens (tertiary/aromatic N) is 3. The van der Waals surface area contributed by atoms with Crippen molar-refractivity contribution in [2.75, 3.05) is 5.32 Å². The number of anilines is 1. The maximum absolute atomic E-state index is 12.3. The number of amides is 1. The van der Waals surface area contributed by atoms with Crippen LogP contribution in [0.3, 0.4) is 0 Å². The molecule has 2 heterocycles. The highest BCUT2D eigenvalue weighted by Crippen LogP contribution is 2.26. The van der Waals surface area contributed by atoms with Crippen molar-refractivity contribution in [3.05, 3.63) is 70.6 Å². The van der Waals surface area contributed by atoms with Gasteiger partial charge in [-0.05, 0) is 26.0 Å². The smallest absolute Gasteiger partial charge is 0.258 e. The first-order chi connectivity index (χ1) is 12.1. The highest BCUT2D eigenvalue weighted by molar-refractivity contribution is 7.15. The fourth-order valence-corrected chi connectivity index (χ4v) is 3.37. The summed E-state index contributed by atoms with van der Waals surface area (Å²) in [5, 5.41) is 9.22. The normalized spacial score (nSPS) is 11.0. The molecule has 0 fully saturated rings. The standard InChI is InChI=1S/C19H16N4OS/c1-12-3-7-14(8-4-12)16-11-25-19-21-18(22-23(16)19)20-17(24)15-9-5-13(2)6-10-15/h3-11H,1-2H3,(H,20,22,24). The fraction of sp³-hybridized carbons (Fsp3) is 0.105. The lowest BCUT2D eigenvalue weighted by Gasteiger charge is -2.01. The van der Waals surface area contributed by atoms with Crippen LogP contribution in [0.4, 0.5) is 5.95 Å². The number of carbonyl (C=O) groups is 1. The summed E-state index contributed by atoms with van der Waals surface area (Å²) in [6.45, 7) is 4.04. The quantitative estimate of drug-likeness (QED) is 0.599. The minimum Gasteiger partial charge on any atom is -0.289 e. The Kier molecular flexibility index (Phi) is 3.82. The topological polar surface area (TPSA) is 59.3 Å². The number of carbonyl (C=O) groups excluding carboxylic acids is 1. The van der Waals surface area contributed by atoms with Crippen molar-refractivity contribution in [2.24, 2.45) is 0 Å². The second-order valence-corrected chi connectivity index (χ2v) is 6.77. The van der Waals surface area contributed by atoms with E-state index in [4.69, 9.17) is 0 Å². The predicted molar refractivity (Wildman–Crippen MR) is 100 cm³/mol. The van der Waals surface area contributed by atoms with E-state index in [9.17, 15) is 4.79 Å². The highest BCUT2D eigenvalue weighted by Gasteiger charge is 2.14. The van der Waals surface area contributed by atoms with Crippen LogP contribution >= 0.6 is 11.3 Å². The number of aryl methyl sites for hydroxylation is 2. The zero-order valence-corrected chi connectivity index (χ0v) is 14.7. The minimum absolute atomic E-state index is 0.213. The molecule has 0 aliphatic carbocycles. The molecule has 5 nitrogen and oxygen atoms in total. The second kappa shape index (κ2) is 6.14. The van der Waals surface area contributed by atoms with Crippen LogP contribution in [-0.4, -0.2) is 20.5 Å². The van der Waals surface area contributed by atoms with Crippen molar-refractivity contribution in [2.45, 2.75) is 13.8 Å². The summed E-state index contributed by atoms with van der Waals surface area (Å²) in [5.74, 6) is 0.0981. The largest absolute Gasteiger partial charge is 0.289 e. The number of benzene rings is 2. The lowest BCUT2D eigenvalue weighted by molar-refractivity contribution is 0.102. The summed E-state index contributed by atoms with van der Waals surface area (Å²) in [6.07, 6.45) is 0. The molecule has 1 amide bonds. The van der Waals surface area contributed by atoms with Crippen LogP contribution in [0.1, 0.15) is 21.5 Å². The monoisotopic (exact) mass is 348 g/mol. The van der Waals surface area contributed by atoms with Gasteiger partial charge in [0.05, 0.1) is 5.69 Å². The van der Waals surface area contributed by atoms with Gasteiger partial charge in [-0.15, -0.1) is 16.4 Å². The average molecular weight is 348 g/mol. The van der Waals surface area contributed by atoms with Gasteiger partial charge < -0.3 is 0 Å². The SMILES string of the molecule is Cc1ccc(C(=O)Nc2nc3scc(-c4ccc(C)cc4)n3n2)cc1. The summed E-state index contributed by atoms with van der Waals surface area (Å²) >= 11 is 1.50. The molecule has 2 aromatic heterocycles. The van der Waals surface area contributed by atoms with Gasteiger partial charge in [0, 0.05) is 16.5 Å². The lowest BCUT2D eigenvalue weighted by atomic mass is 10.1. The third kappa shape index (κ3) is 3.04. The van der Waals surface area contributed by atoms with Crippen molar-refractivity contribution in [1.82, 2.24) is 14.6 Å². The van der Waals surface area contributed by atoms with Gasteiger partial charge >= 0.3 is 0 Å². The van der Waals surface area contributed by atoms with E-state index in [1.807, 2.05) is 24.4 Å². The number of fused-ring (bicyclic) bond motifs is 1. The van der Waals surface area contributed by atoms with Crippen molar-refractivity contribution in [3.8, 4) is 11.3 Å². The molecule has 0 aliphatic heterocycles. The van der Waals surface area contributed by atoms with Crippen LogP contribution in [0.15, 0.2) is 53.9 Å². The molecule has 0 saturated heterocycles. The Morgan fingerprint density at radius 1 is 1.00 bits per heavy atom. The first-order valence-electron chi connectivity index (χ1n) is 7.89. The average Bonchev–Trinajstić information content (AvgIpc) is 3.16. The molecule has 0 spiro atoms. The van der Waals surface area contributed by atoms with E-state index >= 15 is 0 Å². The van der Waals surface area contributed by atoms with Crippen molar-refractivity contribution in [3.63, 3.8) is 0 Å². The zero-order chi connectivity index (χ0) is 17.4. The maximum Gasteiger partial charge on any atom is 0.258 e. The van der Waals surface area contributed by atoms with Crippen LogP contribution in [0.25, 0.3) is 16.2 Å². The van der Waals surface area contributed by atoms with Gasteiger partial charge in [0.25, 0.3) is 11.9 Å². The second-order valence-electron chi connectivity index (χ2n) is 5.94. The summed E-state index contributed by atoms with van der Waals surface area (Å²) in [6, 6.07) is 15.6. The highest BCUT2D eigenvalue weighted by atomic mass is 32.1. The molecule has 0 saturated carbocycles. The lowest BCUT2D eigenvalue weighted by Crippen LogP contribution is -2.13. The van der Waals surface area contributed by atoms with Gasteiger partial charge in [0.15, 0.2) is 0 Å². The molecule has 2 aromatic carbocycles. The molecule has 0 atom stereocenters. The number of nitrogens with one attached hydrogen (secondary N) is 1. The molecule has 0 aliphatic rings. The van der Waals surface area contributed by atoms with Crippen LogP contribution in [-0.2, 0) is 0 Å². The number of rotatable bonds is 3. The summed E-state index contributed by atoms with van der Waals surface area (Å²) < 4.78 is 1.76. The molecule has 1 N–H and O–H groups in total. The van der Waals surface area contributed by atoms with Gasteiger partial charge in [0.1, 0.15) is 0 Å². The van der Waals surface area contributed by atoms with Crippen molar-refractivity contribution < 1.29 is 4.79 Å². The number of hydrogen-bond donors (Lipinski definition) is 1. The minimum atomic E-state index is -0.213. The van der Waals surface area contributed by atoms with Gasteiger partial charge in [-0.1, -0.05) is 47.5 Å². The number of hydrogen-bond acceptors (Lipinski definition) is 4. The number of aromatic nitrogens is 3. The van der Waals surface area contributed by atoms with Crippen LogP contribution < -0.4 is 5.32 Å². The third-order valence-corrected chi connectivity index (χ3v) is 4.78. The van der Waals surface area contributed by atoms with Gasteiger partial charge in [-0.25, -0.2) is 4.52 Å². The first-order valence-corrected chi connectivity index (χ1v) is 8.77. The van der Waals surface area contributed by atoms with Gasteiger partial charge in [0.2, 0.25) is 4.96 Å². The van der Waals surface area contributed by atoms with Crippen LogP contribution in [0.5, 0.6) is 0 Å². The summed E-state index contributed by atoms with van der Waals surface area (Å²) in [5.41, 5.74) is 4.93. The molecule has 0 radical (unpaired) electrons. The molecule has 6 heteroatoms. The Bertz CT molecular complexity index is 1050. The summed E-state index contributed by atoms with van der Waals surface area (Å²) in [7, 11) is 0. The van der Waals surface area contributed by atoms with Gasteiger partial charge in [-0.3, -0.25) is 10.1 Å². The van der Waals surface area contributed by atoms with Crippen LogP contribution in [0, 0.1) is 13.8 Å². The molecular weight excluding hydrogens is 332 g/mol. The predicted octanol–water partition coefficient (Wildman–Crippen LogP) is 4.33. The van der Waals surface area contributed by atoms with E-state index in [1.54, 1.807) is 16.6 Å². The maximum atomic E-state index is 12.3. The summed E-state index contributed by atoms with van der Waals surface area (Å²) in [4.78, 5) is 17.5. The van der Waals surface area contributed by atoms with Crippen LogP contribution in [0.2, 0.25) is 0 Å². The Morgan fingerprint density at radius 3 is 2.32 bits per heavy atom. The van der Waals surface area contributed by atoms with E-state index in [1.165, 1.54) is 16.9 Å². The molecule has 25 heavy (non-hydrogen) atoms. The molecule has 4 rings (SSSR count).